The molecule has 0 unspecified atom stereocenters. The van der Waals surface area contributed by atoms with E-state index in [9.17, 15) is 19.8 Å². The van der Waals surface area contributed by atoms with E-state index in [2.05, 4.69) is 62.5 Å². The predicted molar refractivity (Wildman–Crippen MR) is 206 cm³/mol. The molecular weight excluding hydrogens is 612 g/mol. The summed E-state index contributed by atoms with van der Waals surface area (Å²) in [5.74, 6) is 0.171. The molecule has 284 valence electrons. The molecule has 0 aromatic carbocycles. The van der Waals surface area contributed by atoms with E-state index in [0.717, 1.165) is 70.1 Å². The normalized spacial score (nSPS) is 13.4. The van der Waals surface area contributed by atoms with Crippen LogP contribution >= 0.6 is 0 Å². The number of carbonyl (C=O) groups excluding carboxylic acids is 2. The van der Waals surface area contributed by atoms with Crippen LogP contribution in [-0.2, 0) is 19.1 Å². The zero-order chi connectivity index (χ0) is 36.0. The maximum atomic E-state index is 12.2. The molecular formula is C43H76O6. The molecule has 0 saturated carbocycles. The molecule has 0 bridgehead atoms. The molecule has 6 heteroatoms. The van der Waals surface area contributed by atoms with Crippen molar-refractivity contribution in [1.29, 1.82) is 0 Å². The summed E-state index contributed by atoms with van der Waals surface area (Å²) in [4.78, 5) is 24.2. The van der Waals surface area contributed by atoms with Gasteiger partial charge in [0.1, 0.15) is 6.61 Å². The number of ether oxygens (including phenoxy) is 2. The molecule has 2 N–H and O–H groups in total. The molecule has 0 saturated heterocycles. The minimum absolute atomic E-state index is 0.103. The van der Waals surface area contributed by atoms with Crippen molar-refractivity contribution in [3.63, 3.8) is 0 Å². The van der Waals surface area contributed by atoms with Gasteiger partial charge in [0.2, 0.25) is 0 Å². The van der Waals surface area contributed by atoms with E-state index in [-0.39, 0.29) is 31.3 Å². The first-order valence-electron chi connectivity index (χ1n) is 20.1. The lowest BCUT2D eigenvalue weighted by Gasteiger charge is -2.15. The van der Waals surface area contributed by atoms with Gasteiger partial charge < -0.3 is 19.7 Å². The monoisotopic (exact) mass is 689 g/mol. The average Bonchev–Trinajstić information content (AvgIpc) is 3.09. The van der Waals surface area contributed by atoms with Crippen molar-refractivity contribution in [3.05, 3.63) is 48.6 Å². The molecule has 0 heterocycles. The van der Waals surface area contributed by atoms with Crippen molar-refractivity contribution >= 4 is 11.9 Å². The van der Waals surface area contributed by atoms with Crippen LogP contribution in [0.5, 0.6) is 0 Å². The summed E-state index contributed by atoms with van der Waals surface area (Å²) in [6.45, 7) is 6.16. The van der Waals surface area contributed by atoms with E-state index in [1.54, 1.807) is 0 Å². The van der Waals surface area contributed by atoms with Gasteiger partial charge in [0.15, 0.2) is 6.10 Å². The average molecular weight is 689 g/mol. The largest absolute Gasteiger partial charge is 0.462 e. The number of allylic oxidation sites excluding steroid dienone is 8. The zero-order valence-electron chi connectivity index (χ0n) is 32.0. The highest BCUT2D eigenvalue weighted by molar-refractivity contribution is 5.70. The van der Waals surface area contributed by atoms with Crippen LogP contribution in [0.4, 0.5) is 0 Å². The van der Waals surface area contributed by atoms with Crippen LogP contribution in [0.15, 0.2) is 48.6 Å². The summed E-state index contributed by atoms with van der Waals surface area (Å²) < 4.78 is 10.6. The highest BCUT2D eigenvalue weighted by Gasteiger charge is 2.16. The number of aliphatic hydroxyl groups excluding tert-OH is 2. The Morgan fingerprint density at radius 2 is 1.02 bits per heavy atom. The maximum absolute atomic E-state index is 12.2. The number of unbranched alkanes of at least 4 members (excludes halogenated alkanes) is 14. The quantitative estimate of drug-likeness (QED) is 0.0391. The van der Waals surface area contributed by atoms with Crippen LogP contribution in [0, 0.1) is 5.92 Å². The Morgan fingerprint density at radius 3 is 1.51 bits per heavy atom. The molecule has 49 heavy (non-hydrogen) atoms. The first-order chi connectivity index (χ1) is 23.9. The Morgan fingerprint density at radius 1 is 0.571 bits per heavy atom. The molecule has 0 rings (SSSR count). The van der Waals surface area contributed by atoms with Crippen LogP contribution in [0.25, 0.3) is 0 Å². The third-order valence-corrected chi connectivity index (χ3v) is 8.72. The van der Waals surface area contributed by atoms with Crippen LogP contribution < -0.4 is 0 Å². The number of aliphatic hydroxyl groups is 2. The van der Waals surface area contributed by atoms with Gasteiger partial charge in [-0.25, -0.2) is 0 Å². The molecule has 0 aromatic rings. The van der Waals surface area contributed by atoms with Crippen LogP contribution in [0.2, 0.25) is 0 Å². The minimum atomic E-state index is -0.801. The number of hydrogen-bond donors (Lipinski definition) is 2. The summed E-state index contributed by atoms with van der Waals surface area (Å²) >= 11 is 0. The van der Waals surface area contributed by atoms with Crippen molar-refractivity contribution in [2.75, 3.05) is 13.2 Å². The van der Waals surface area contributed by atoms with Crippen LogP contribution in [0.3, 0.4) is 0 Å². The first kappa shape index (κ1) is 46.8. The number of hydrogen-bond acceptors (Lipinski definition) is 6. The topological polar surface area (TPSA) is 93.1 Å². The van der Waals surface area contributed by atoms with Crippen molar-refractivity contribution in [2.45, 2.75) is 193 Å². The Hall–Kier alpha value is -2.18. The number of esters is 2. The fourth-order valence-corrected chi connectivity index (χ4v) is 5.48. The second kappa shape index (κ2) is 37.1. The van der Waals surface area contributed by atoms with E-state index in [0.29, 0.717) is 19.3 Å². The summed E-state index contributed by atoms with van der Waals surface area (Å²) in [6, 6.07) is 0. The zero-order valence-corrected chi connectivity index (χ0v) is 32.0. The first-order valence-corrected chi connectivity index (χ1v) is 20.1. The van der Waals surface area contributed by atoms with E-state index in [1.807, 2.05) is 6.92 Å². The van der Waals surface area contributed by atoms with Gasteiger partial charge in [-0.3, -0.25) is 9.59 Å². The van der Waals surface area contributed by atoms with Gasteiger partial charge in [-0.1, -0.05) is 159 Å². The van der Waals surface area contributed by atoms with Crippen molar-refractivity contribution in [3.8, 4) is 0 Å². The molecule has 0 radical (unpaired) electrons. The molecule has 0 aliphatic heterocycles. The lowest BCUT2D eigenvalue weighted by atomic mass is 10.0. The second-order valence-electron chi connectivity index (χ2n) is 14.0. The number of carbonyl (C=O) groups is 2. The highest BCUT2D eigenvalue weighted by Crippen LogP contribution is 2.15. The molecule has 0 fully saturated rings. The Kier molecular flexibility index (Phi) is 35.4. The third-order valence-electron chi connectivity index (χ3n) is 8.72. The van der Waals surface area contributed by atoms with Gasteiger partial charge in [0.25, 0.3) is 0 Å². The summed E-state index contributed by atoms with van der Waals surface area (Å²) in [7, 11) is 0. The molecule has 0 aliphatic carbocycles. The highest BCUT2D eigenvalue weighted by atomic mass is 16.6. The lowest BCUT2D eigenvalue weighted by molar-refractivity contribution is -0.161. The van der Waals surface area contributed by atoms with Crippen LogP contribution in [-0.4, -0.2) is 47.6 Å². The second-order valence-corrected chi connectivity index (χ2v) is 14.0. The molecule has 2 atom stereocenters. The fraction of sp³-hybridized carbons (Fsp3) is 0.767. The van der Waals surface area contributed by atoms with Gasteiger partial charge in [-0.15, -0.1) is 0 Å². The van der Waals surface area contributed by atoms with E-state index in [4.69, 9.17) is 9.47 Å². The molecule has 0 spiro atoms. The standard InChI is InChI=1S/C43H76O6/c1-4-40(45)34-30-26-22-18-14-10-6-8-11-15-19-23-27-31-35-42(46)48-38-41(37-44)49-43(47)36-32-28-24-20-16-12-7-5-9-13-17-21-25-29-33-39(2)3/h8,10-11,14,19,22-23,26,39-41,44-45H,4-7,9,12-13,15-18,20-21,24-25,27-38H2,1-3H3/b11-8-,14-10-,23-19-,26-22-/t40-,41-/m0/s1. The van der Waals surface area contributed by atoms with Gasteiger partial charge >= 0.3 is 11.9 Å². The molecule has 0 amide bonds. The van der Waals surface area contributed by atoms with Gasteiger partial charge in [-0.05, 0) is 63.7 Å². The summed E-state index contributed by atoms with van der Waals surface area (Å²) in [6.07, 6.45) is 42.6. The SMILES string of the molecule is CC[C@H](O)CC/C=C\C/C=C\C/C=C\C/C=C\CCCC(=O)OC[C@H](CO)OC(=O)CCCCCCCCCCCCCCCCC(C)C. The summed E-state index contributed by atoms with van der Waals surface area (Å²) in [5.41, 5.74) is 0. The smallest absolute Gasteiger partial charge is 0.306 e. The van der Waals surface area contributed by atoms with Crippen molar-refractivity contribution in [2.24, 2.45) is 5.92 Å². The Labute approximate surface area is 301 Å². The predicted octanol–water partition coefficient (Wildman–Crippen LogP) is 11.4. The third kappa shape index (κ3) is 36.9. The Bertz CT molecular complexity index is 858. The van der Waals surface area contributed by atoms with E-state index < -0.39 is 6.10 Å². The fourth-order valence-electron chi connectivity index (χ4n) is 5.48. The maximum Gasteiger partial charge on any atom is 0.306 e. The number of rotatable bonds is 35. The van der Waals surface area contributed by atoms with Gasteiger partial charge in [0, 0.05) is 12.8 Å². The van der Waals surface area contributed by atoms with E-state index >= 15 is 0 Å². The molecule has 6 nitrogen and oxygen atoms in total. The van der Waals surface area contributed by atoms with Gasteiger partial charge in [0.05, 0.1) is 12.7 Å². The van der Waals surface area contributed by atoms with Crippen molar-refractivity contribution in [1.82, 2.24) is 0 Å². The van der Waals surface area contributed by atoms with E-state index in [1.165, 1.54) is 77.0 Å². The summed E-state index contributed by atoms with van der Waals surface area (Å²) in [5, 5.41) is 19.1. The molecule has 0 aliphatic rings. The lowest BCUT2D eigenvalue weighted by Crippen LogP contribution is -2.28. The Balaban J connectivity index is 3.65. The minimum Gasteiger partial charge on any atom is -0.462 e. The molecule has 0 aromatic heterocycles. The van der Waals surface area contributed by atoms with Crippen molar-refractivity contribution < 1.29 is 29.3 Å². The van der Waals surface area contributed by atoms with Gasteiger partial charge in [-0.2, -0.15) is 0 Å². The van der Waals surface area contributed by atoms with Crippen LogP contribution in [0.1, 0.15) is 181 Å².